The summed E-state index contributed by atoms with van der Waals surface area (Å²) in [5.41, 5.74) is 1.37. The molecule has 2 N–H and O–H groups in total. The summed E-state index contributed by atoms with van der Waals surface area (Å²) in [5.74, 6) is 1.73. The van der Waals surface area contributed by atoms with Crippen LogP contribution in [0.1, 0.15) is 12.0 Å². The highest BCUT2D eigenvalue weighted by atomic mass is 16.7. The van der Waals surface area contributed by atoms with Crippen LogP contribution in [0.25, 0.3) is 0 Å². The minimum atomic E-state index is -0.609. The number of rotatable bonds is 2. The summed E-state index contributed by atoms with van der Waals surface area (Å²) in [4.78, 5) is 12.4. The van der Waals surface area contributed by atoms with Gasteiger partial charge in [0.05, 0.1) is 5.69 Å². The van der Waals surface area contributed by atoms with Crippen molar-refractivity contribution in [3.63, 3.8) is 0 Å². The van der Waals surface area contributed by atoms with Crippen molar-refractivity contribution in [3.05, 3.63) is 42.0 Å². The maximum Gasteiger partial charge on any atom is 0.265 e. The zero-order valence-electron chi connectivity index (χ0n) is 12.2. The third-order valence-electron chi connectivity index (χ3n) is 3.96. The Morgan fingerprint density at radius 3 is 2.74 bits per heavy atom. The number of aryl methyl sites for hydroxylation is 1. The Hall–Kier alpha value is -2.89. The first kappa shape index (κ1) is 13.8. The Balaban J connectivity index is 1.51. The molecule has 6 heteroatoms. The molecule has 118 valence electrons. The molecule has 2 aromatic rings. The summed E-state index contributed by atoms with van der Waals surface area (Å²) >= 11 is 0. The third kappa shape index (κ3) is 2.52. The fraction of sp³-hybridized carbons (Fsp3) is 0.235. The maximum absolute atomic E-state index is 12.4. The van der Waals surface area contributed by atoms with Gasteiger partial charge in [-0.25, -0.2) is 0 Å². The van der Waals surface area contributed by atoms with Gasteiger partial charge in [-0.15, -0.1) is 0 Å². The number of amides is 1. The minimum absolute atomic E-state index is 0.0282. The first-order chi connectivity index (χ1) is 11.2. The van der Waals surface area contributed by atoms with Crippen molar-refractivity contribution >= 4 is 11.6 Å². The molecule has 23 heavy (non-hydrogen) atoms. The summed E-state index contributed by atoms with van der Waals surface area (Å²) in [6, 6.07) is 10.3. The summed E-state index contributed by atoms with van der Waals surface area (Å²) in [7, 11) is 0. The lowest BCUT2D eigenvalue weighted by atomic mass is 10.0. The summed E-state index contributed by atoms with van der Waals surface area (Å²) < 4.78 is 16.5. The van der Waals surface area contributed by atoms with Crippen LogP contribution in [-0.2, 0) is 11.2 Å². The predicted molar refractivity (Wildman–Crippen MR) is 82.0 cm³/mol. The zero-order chi connectivity index (χ0) is 15.8. The molecule has 2 aliphatic heterocycles. The number of nitrogens with one attached hydrogen (secondary N) is 1. The average Bonchev–Trinajstić information content (AvgIpc) is 3.01. The second-order valence-corrected chi connectivity index (χ2v) is 5.46. The Morgan fingerprint density at radius 2 is 1.91 bits per heavy atom. The van der Waals surface area contributed by atoms with E-state index < -0.39 is 6.10 Å². The van der Waals surface area contributed by atoms with Crippen molar-refractivity contribution < 1.29 is 24.1 Å². The first-order valence-corrected chi connectivity index (χ1v) is 7.39. The van der Waals surface area contributed by atoms with E-state index in [4.69, 9.17) is 14.2 Å². The number of carbonyl (C=O) groups excluding carboxylic acids is 1. The van der Waals surface area contributed by atoms with Gasteiger partial charge in [-0.3, -0.25) is 4.79 Å². The highest BCUT2D eigenvalue weighted by Gasteiger charge is 2.29. The van der Waals surface area contributed by atoms with Gasteiger partial charge in [-0.1, -0.05) is 12.1 Å². The number of para-hydroxylation sites is 2. The van der Waals surface area contributed by atoms with E-state index in [0.29, 0.717) is 35.8 Å². The molecule has 0 saturated heterocycles. The topological polar surface area (TPSA) is 77.0 Å². The van der Waals surface area contributed by atoms with Crippen LogP contribution in [0.2, 0.25) is 0 Å². The molecular weight excluding hydrogens is 298 g/mol. The fourth-order valence-corrected chi connectivity index (χ4v) is 2.75. The van der Waals surface area contributed by atoms with Gasteiger partial charge in [0.1, 0.15) is 11.5 Å². The fourth-order valence-electron chi connectivity index (χ4n) is 2.75. The number of phenolic OH excluding ortho intramolecular Hbond substituents is 1. The summed E-state index contributed by atoms with van der Waals surface area (Å²) in [6.45, 7) is 0.204. The molecule has 0 spiro atoms. The Morgan fingerprint density at radius 1 is 1.13 bits per heavy atom. The van der Waals surface area contributed by atoms with E-state index in [-0.39, 0.29) is 18.4 Å². The van der Waals surface area contributed by atoms with Crippen molar-refractivity contribution in [2.45, 2.75) is 18.9 Å². The smallest absolute Gasteiger partial charge is 0.265 e. The molecule has 2 aromatic carbocycles. The second-order valence-electron chi connectivity index (χ2n) is 5.46. The van der Waals surface area contributed by atoms with Gasteiger partial charge >= 0.3 is 0 Å². The van der Waals surface area contributed by atoms with E-state index in [2.05, 4.69) is 5.32 Å². The van der Waals surface area contributed by atoms with E-state index >= 15 is 0 Å². The van der Waals surface area contributed by atoms with Crippen molar-refractivity contribution in [1.29, 1.82) is 0 Å². The molecule has 1 unspecified atom stereocenters. The van der Waals surface area contributed by atoms with Gasteiger partial charge in [0.25, 0.3) is 5.91 Å². The highest BCUT2D eigenvalue weighted by molar-refractivity contribution is 5.95. The van der Waals surface area contributed by atoms with Crippen LogP contribution in [0.3, 0.4) is 0 Å². The van der Waals surface area contributed by atoms with E-state index in [1.807, 2.05) is 6.07 Å². The molecule has 0 aliphatic carbocycles. The number of anilines is 1. The highest BCUT2D eigenvalue weighted by Crippen LogP contribution is 2.41. The molecule has 0 fully saturated rings. The SMILES string of the molecule is O=C(Nc1ccccc1O)C1CCc2cc3c(cc2O1)OCO3. The summed E-state index contributed by atoms with van der Waals surface area (Å²) in [6.07, 6.45) is 0.666. The van der Waals surface area contributed by atoms with Crippen molar-refractivity contribution in [2.24, 2.45) is 0 Å². The molecular formula is C17H15NO5. The van der Waals surface area contributed by atoms with Crippen LogP contribution in [0, 0.1) is 0 Å². The maximum atomic E-state index is 12.4. The van der Waals surface area contributed by atoms with E-state index in [0.717, 1.165) is 5.56 Å². The monoisotopic (exact) mass is 313 g/mol. The van der Waals surface area contributed by atoms with Crippen molar-refractivity contribution in [3.8, 4) is 23.0 Å². The van der Waals surface area contributed by atoms with Gasteiger partial charge in [-0.05, 0) is 36.6 Å². The van der Waals surface area contributed by atoms with Crippen LogP contribution in [0.5, 0.6) is 23.0 Å². The van der Waals surface area contributed by atoms with Crippen LogP contribution in [-0.4, -0.2) is 23.9 Å². The molecule has 2 heterocycles. The molecule has 2 aliphatic rings. The minimum Gasteiger partial charge on any atom is -0.506 e. The number of aromatic hydroxyl groups is 1. The van der Waals surface area contributed by atoms with Crippen LogP contribution in [0.15, 0.2) is 36.4 Å². The molecule has 0 radical (unpaired) electrons. The Kier molecular flexibility index (Phi) is 3.22. The van der Waals surface area contributed by atoms with Gasteiger partial charge in [0, 0.05) is 6.07 Å². The van der Waals surface area contributed by atoms with Crippen molar-refractivity contribution in [2.75, 3.05) is 12.1 Å². The Labute approximate surface area is 132 Å². The van der Waals surface area contributed by atoms with E-state index in [1.54, 1.807) is 24.3 Å². The third-order valence-corrected chi connectivity index (χ3v) is 3.96. The van der Waals surface area contributed by atoms with E-state index in [9.17, 15) is 9.90 Å². The van der Waals surface area contributed by atoms with Gasteiger partial charge in [0.2, 0.25) is 6.79 Å². The lowest BCUT2D eigenvalue weighted by molar-refractivity contribution is -0.123. The van der Waals surface area contributed by atoms with Gasteiger partial charge in [0.15, 0.2) is 17.6 Å². The number of hydrogen-bond acceptors (Lipinski definition) is 5. The van der Waals surface area contributed by atoms with Crippen LogP contribution in [0.4, 0.5) is 5.69 Å². The number of phenols is 1. The lowest BCUT2D eigenvalue weighted by Crippen LogP contribution is -2.35. The quantitative estimate of drug-likeness (QED) is 0.833. The number of fused-ring (bicyclic) bond motifs is 2. The van der Waals surface area contributed by atoms with Crippen molar-refractivity contribution in [1.82, 2.24) is 0 Å². The average molecular weight is 313 g/mol. The predicted octanol–water partition coefficient (Wildman–Crippen LogP) is 2.45. The molecule has 6 nitrogen and oxygen atoms in total. The second kappa shape index (κ2) is 5.39. The lowest BCUT2D eigenvalue weighted by Gasteiger charge is -2.25. The first-order valence-electron chi connectivity index (χ1n) is 7.39. The molecule has 1 atom stereocenters. The van der Waals surface area contributed by atoms with Crippen LogP contribution >= 0.6 is 0 Å². The normalized spacial score (nSPS) is 18.0. The number of benzene rings is 2. The number of carbonyl (C=O) groups is 1. The molecule has 0 aromatic heterocycles. The van der Waals surface area contributed by atoms with Gasteiger partial charge < -0.3 is 24.6 Å². The molecule has 0 bridgehead atoms. The van der Waals surface area contributed by atoms with E-state index in [1.165, 1.54) is 6.07 Å². The summed E-state index contributed by atoms with van der Waals surface area (Å²) in [5, 5.41) is 12.4. The number of ether oxygens (including phenoxy) is 3. The largest absolute Gasteiger partial charge is 0.506 e. The van der Waals surface area contributed by atoms with Gasteiger partial charge in [-0.2, -0.15) is 0 Å². The zero-order valence-corrected chi connectivity index (χ0v) is 12.2. The Bertz CT molecular complexity index is 774. The van der Waals surface area contributed by atoms with Crippen LogP contribution < -0.4 is 19.5 Å². The standard InChI is InChI=1S/C17H15NO5/c19-12-4-2-1-3-11(12)18-17(20)13-6-5-10-7-15-16(22-9-21-15)8-14(10)23-13/h1-4,7-8,13,19H,5-6,9H2,(H,18,20). The molecule has 0 saturated carbocycles. The molecule has 1 amide bonds. The molecule has 4 rings (SSSR count). The number of hydrogen-bond donors (Lipinski definition) is 2.